The van der Waals surface area contributed by atoms with Crippen LogP contribution in [0.25, 0.3) is 0 Å². The lowest BCUT2D eigenvalue weighted by atomic mass is 10.0. The van der Waals surface area contributed by atoms with E-state index < -0.39 is 0 Å². The van der Waals surface area contributed by atoms with E-state index in [4.69, 9.17) is 5.26 Å². The van der Waals surface area contributed by atoms with Crippen LogP contribution in [-0.4, -0.2) is 25.0 Å². The van der Waals surface area contributed by atoms with Crippen LogP contribution in [0.5, 0.6) is 0 Å². The summed E-state index contributed by atoms with van der Waals surface area (Å²) in [5.41, 5.74) is 0.500. The Balaban J connectivity index is 2.22. The van der Waals surface area contributed by atoms with Gasteiger partial charge in [0.25, 0.3) is 0 Å². The number of carbonyl (C=O) groups is 1. The maximum absolute atomic E-state index is 11.4. The van der Waals surface area contributed by atoms with Crippen molar-refractivity contribution in [2.45, 2.75) is 40.2 Å². The molecule has 1 fully saturated rings. The molecule has 4 heteroatoms. The van der Waals surface area contributed by atoms with Crippen molar-refractivity contribution >= 4 is 5.91 Å². The molecule has 0 aromatic carbocycles. The highest BCUT2D eigenvalue weighted by molar-refractivity contribution is 5.78. The van der Waals surface area contributed by atoms with Crippen LogP contribution in [0.15, 0.2) is 0 Å². The molecule has 0 heterocycles. The highest BCUT2D eigenvalue weighted by Crippen LogP contribution is 2.62. The quantitative estimate of drug-likeness (QED) is 0.684. The molecule has 0 unspecified atom stereocenters. The number of carbonyl (C=O) groups excluding carboxylic acids is 1. The zero-order valence-electron chi connectivity index (χ0n) is 10.6. The molecule has 4 nitrogen and oxygen atoms in total. The molecule has 0 bridgehead atoms. The minimum atomic E-state index is -0.0336. The summed E-state index contributed by atoms with van der Waals surface area (Å²) in [6.07, 6.45) is 0.367. The van der Waals surface area contributed by atoms with Gasteiger partial charge >= 0.3 is 0 Å². The van der Waals surface area contributed by atoms with Crippen LogP contribution in [0.2, 0.25) is 0 Å². The Kier molecular flexibility index (Phi) is 3.59. The molecule has 1 rings (SSSR count). The molecule has 16 heavy (non-hydrogen) atoms. The van der Waals surface area contributed by atoms with E-state index >= 15 is 0 Å². The fraction of sp³-hybridized carbons (Fsp3) is 0.833. The number of nitriles is 1. The topological polar surface area (TPSA) is 64.9 Å². The third-order valence-corrected chi connectivity index (χ3v) is 4.05. The van der Waals surface area contributed by atoms with Crippen LogP contribution >= 0.6 is 0 Å². The fourth-order valence-corrected chi connectivity index (χ4v) is 2.22. The van der Waals surface area contributed by atoms with Crippen LogP contribution < -0.4 is 10.6 Å². The second-order valence-electron chi connectivity index (χ2n) is 5.52. The maximum Gasteiger partial charge on any atom is 0.233 e. The van der Waals surface area contributed by atoms with Crippen molar-refractivity contribution in [1.29, 1.82) is 5.26 Å². The van der Waals surface area contributed by atoms with E-state index in [1.54, 1.807) is 0 Å². The van der Waals surface area contributed by atoms with Crippen LogP contribution in [0.4, 0.5) is 0 Å². The molecule has 0 spiro atoms. The lowest BCUT2D eigenvalue weighted by Gasteiger charge is -2.06. The fourth-order valence-electron chi connectivity index (χ4n) is 2.22. The number of hydrogen-bond acceptors (Lipinski definition) is 3. The lowest BCUT2D eigenvalue weighted by molar-refractivity contribution is -0.120. The molecule has 90 valence electrons. The van der Waals surface area contributed by atoms with Crippen molar-refractivity contribution in [2.24, 2.45) is 10.8 Å². The average Bonchev–Trinajstić information content (AvgIpc) is 2.55. The summed E-state index contributed by atoms with van der Waals surface area (Å²) in [5.74, 6) is -0.0336. The molecule has 2 N–H and O–H groups in total. The lowest BCUT2D eigenvalue weighted by Crippen LogP contribution is -2.36. The van der Waals surface area contributed by atoms with Gasteiger partial charge in [0.1, 0.15) is 0 Å². The summed E-state index contributed by atoms with van der Waals surface area (Å²) in [6.45, 7) is 9.60. The minimum Gasteiger partial charge on any atom is -0.354 e. The summed E-state index contributed by atoms with van der Waals surface area (Å²) in [7, 11) is 0. The number of nitrogens with zero attached hydrogens (tertiary/aromatic N) is 1. The van der Waals surface area contributed by atoms with Gasteiger partial charge < -0.3 is 10.6 Å². The third-order valence-electron chi connectivity index (χ3n) is 4.05. The van der Waals surface area contributed by atoms with E-state index in [2.05, 4.69) is 38.3 Å². The van der Waals surface area contributed by atoms with E-state index in [-0.39, 0.29) is 16.7 Å². The van der Waals surface area contributed by atoms with Gasteiger partial charge in [-0.05, 0) is 10.8 Å². The summed E-state index contributed by atoms with van der Waals surface area (Å²) >= 11 is 0. The molecule has 0 radical (unpaired) electrons. The second-order valence-corrected chi connectivity index (χ2v) is 5.52. The van der Waals surface area contributed by atoms with E-state index in [1.807, 2.05) is 6.07 Å². The van der Waals surface area contributed by atoms with Crippen molar-refractivity contribution in [1.82, 2.24) is 10.6 Å². The second kappa shape index (κ2) is 4.42. The Morgan fingerprint density at radius 3 is 2.31 bits per heavy atom. The van der Waals surface area contributed by atoms with Gasteiger partial charge in [-0.15, -0.1) is 0 Å². The summed E-state index contributed by atoms with van der Waals surface area (Å²) in [5, 5.41) is 14.3. The average molecular weight is 223 g/mol. The summed E-state index contributed by atoms with van der Waals surface area (Å²) in [6, 6.07) is 2.38. The van der Waals surface area contributed by atoms with Crippen LogP contribution in [0.3, 0.4) is 0 Å². The van der Waals surface area contributed by atoms with E-state index in [0.29, 0.717) is 25.6 Å². The first kappa shape index (κ1) is 13.0. The molecule has 1 saturated carbocycles. The summed E-state index contributed by atoms with van der Waals surface area (Å²) < 4.78 is 0. The van der Waals surface area contributed by atoms with Crippen LogP contribution in [0, 0.1) is 22.2 Å². The van der Waals surface area contributed by atoms with Gasteiger partial charge in [-0.1, -0.05) is 27.7 Å². The number of amides is 1. The smallest absolute Gasteiger partial charge is 0.233 e. The van der Waals surface area contributed by atoms with Crippen molar-refractivity contribution in [3.63, 3.8) is 0 Å². The van der Waals surface area contributed by atoms with Gasteiger partial charge in [0, 0.05) is 12.6 Å². The predicted molar refractivity (Wildman–Crippen MR) is 62.6 cm³/mol. The molecule has 0 atom stereocenters. The van der Waals surface area contributed by atoms with Gasteiger partial charge in [-0.3, -0.25) is 4.79 Å². The van der Waals surface area contributed by atoms with Crippen molar-refractivity contribution < 1.29 is 4.79 Å². The number of nitrogens with one attached hydrogen (secondary N) is 2. The van der Waals surface area contributed by atoms with Gasteiger partial charge in [0.05, 0.1) is 19.0 Å². The van der Waals surface area contributed by atoms with E-state index in [9.17, 15) is 4.79 Å². The first-order chi connectivity index (χ1) is 7.34. The zero-order valence-corrected chi connectivity index (χ0v) is 10.6. The van der Waals surface area contributed by atoms with Gasteiger partial charge in [0.2, 0.25) is 5.91 Å². The molecule has 0 aromatic heterocycles. The molecule has 1 aliphatic rings. The molecule has 1 amide bonds. The largest absolute Gasteiger partial charge is 0.354 e. The number of hydrogen-bond donors (Lipinski definition) is 2. The Labute approximate surface area is 97.4 Å². The van der Waals surface area contributed by atoms with Crippen LogP contribution in [-0.2, 0) is 4.79 Å². The zero-order chi connectivity index (χ0) is 12.4. The highest BCUT2D eigenvalue weighted by atomic mass is 16.1. The van der Waals surface area contributed by atoms with Gasteiger partial charge in [-0.2, -0.15) is 5.26 Å². The Bertz CT molecular complexity index is 301. The Morgan fingerprint density at radius 2 is 1.88 bits per heavy atom. The molecule has 0 saturated heterocycles. The highest BCUT2D eigenvalue weighted by Gasteiger charge is 2.64. The van der Waals surface area contributed by atoms with Gasteiger partial charge in [-0.25, -0.2) is 0 Å². The normalized spacial score (nSPS) is 21.2. The Hall–Kier alpha value is -1.08. The van der Waals surface area contributed by atoms with Gasteiger partial charge in [0.15, 0.2) is 0 Å². The van der Waals surface area contributed by atoms with Crippen LogP contribution in [0.1, 0.15) is 34.1 Å². The maximum atomic E-state index is 11.4. The molecular formula is C12H21N3O. The number of rotatable bonds is 5. The first-order valence-corrected chi connectivity index (χ1v) is 5.71. The predicted octanol–water partition coefficient (Wildman–Crippen LogP) is 1.04. The Morgan fingerprint density at radius 1 is 1.31 bits per heavy atom. The molecular weight excluding hydrogens is 202 g/mol. The molecule has 0 aliphatic heterocycles. The minimum absolute atomic E-state index is 0.0336. The monoisotopic (exact) mass is 223 g/mol. The molecule has 1 aliphatic carbocycles. The molecule has 0 aromatic rings. The van der Waals surface area contributed by atoms with E-state index in [0.717, 1.165) is 0 Å². The van der Waals surface area contributed by atoms with Crippen molar-refractivity contribution in [3.8, 4) is 6.07 Å². The third kappa shape index (κ3) is 2.35. The van der Waals surface area contributed by atoms with E-state index in [1.165, 1.54) is 0 Å². The van der Waals surface area contributed by atoms with Crippen molar-refractivity contribution in [2.75, 3.05) is 13.1 Å². The van der Waals surface area contributed by atoms with Crippen molar-refractivity contribution in [3.05, 3.63) is 0 Å². The first-order valence-electron chi connectivity index (χ1n) is 5.71. The SMILES string of the molecule is CC1(C)C(NCC(=O)NCCC#N)C1(C)C. The standard InChI is InChI=1S/C12H21N3O/c1-11(2)10(12(11,3)4)15-8-9(16)14-7-5-6-13/h10,15H,5,7-8H2,1-4H3,(H,14,16). The summed E-state index contributed by atoms with van der Waals surface area (Å²) in [4.78, 5) is 11.4.